The van der Waals surface area contributed by atoms with Crippen LogP contribution in [0.15, 0.2) is 66.1 Å². The van der Waals surface area contributed by atoms with Crippen molar-refractivity contribution in [1.82, 2.24) is 5.32 Å². The number of benzene rings is 2. The first-order valence-corrected chi connectivity index (χ1v) is 9.18. The third-order valence-corrected chi connectivity index (χ3v) is 5.14. The van der Waals surface area contributed by atoms with Crippen molar-refractivity contribution >= 4 is 29.3 Å². The number of hydrogen-bond donors (Lipinski definition) is 1. The standard InChI is InChI=1S/C20H20N2O2S/c1-2-12-21-20(24)16-8-4-6-10-18(16)25-14-19(23)22-13-11-15-7-3-5-9-17(15)22/h2-10H,1,11-14H2,(H,21,24). The van der Waals surface area contributed by atoms with E-state index in [9.17, 15) is 9.59 Å². The highest BCUT2D eigenvalue weighted by Crippen LogP contribution is 2.29. The van der Waals surface area contributed by atoms with Crippen molar-refractivity contribution in [3.8, 4) is 0 Å². The summed E-state index contributed by atoms with van der Waals surface area (Å²) in [5.74, 6) is 0.221. The third kappa shape index (κ3) is 3.94. The van der Waals surface area contributed by atoms with E-state index < -0.39 is 0 Å². The lowest BCUT2D eigenvalue weighted by atomic mass is 10.2. The minimum atomic E-state index is -0.151. The summed E-state index contributed by atoms with van der Waals surface area (Å²) in [5.41, 5.74) is 2.80. The molecule has 2 amide bonds. The van der Waals surface area contributed by atoms with Crippen LogP contribution in [0.1, 0.15) is 15.9 Å². The number of thioether (sulfide) groups is 1. The van der Waals surface area contributed by atoms with Crippen LogP contribution in [0.5, 0.6) is 0 Å². The van der Waals surface area contributed by atoms with E-state index in [0.717, 1.165) is 23.5 Å². The van der Waals surface area contributed by atoms with Gasteiger partial charge >= 0.3 is 0 Å². The fraction of sp³-hybridized carbons (Fsp3) is 0.200. The van der Waals surface area contributed by atoms with Gasteiger partial charge in [-0.1, -0.05) is 36.4 Å². The second-order valence-electron chi connectivity index (χ2n) is 5.71. The molecule has 1 N–H and O–H groups in total. The minimum absolute atomic E-state index is 0.0660. The van der Waals surface area contributed by atoms with E-state index in [-0.39, 0.29) is 11.8 Å². The summed E-state index contributed by atoms with van der Waals surface area (Å²) in [5, 5.41) is 2.78. The van der Waals surface area contributed by atoms with Gasteiger partial charge in [-0.05, 0) is 30.2 Å². The number of nitrogens with zero attached hydrogens (tertiary/aromatic N) is 1. The fourth-order valence-corrected chi connectivity index (χ4v) is 3.78. The third-order valence-electron chi connectivity index (χ3n) is 4.08. The van der Waals surface area contributed by atoms with E-state index in [2.05, 4.69) is 18.0 Å². The lowest BCUT2D eigenvalue weighted by Gasteiger charge is -2.17. The molecule has 0 aliphatic carbocycles. The molecule has 0 bridgehead atoms. The van der Waals surface area contributed by atoms with Gasteiger partial charge in [0, 0.05) is 23.7 Å². The first kappa shape index (κ1) is 17.3. The normalized spacial score (nSPS) is 12.6. The van der Waals surface area contributed by atoms with Crippen molar-refractivity contribution < 1.29 is 9.59 Å². The highest BCUT2D eigenvalue weighted by Gasteiger charge is 2.24. The Morgan fingerprint density at radius 2 is 1.92 bits per heavy atom. The van der Waals surface area contributed by atoms with Crippen LogP contribution in [-0.2, 0) is 11.2 Å². The molecule has 4 nitrogen and oxygen atoms in total. The zero-order valence-electron chi connectivity index (χ0n) is 13.9. The number of carbonyl (C=O) groups excluding carboxylic acids is 2. The molecule has 0 aromatic heterocycles. The van der Waals surface area contributed by atoms with Crippen molar-refractivity contribution in [3.05, 3.63) is 72.3 Å². The Labute approximate surface area is 151 Å². The Hall–Kier alpha value is -2.53. The highest BCUT2D eigenvalue weighted by molar-refractivity contribution is 8.00. The second-order valence-corrected chi connectivity index (χ2v) is 6.72. The van der Waals surface area contributed by atoms with Crippen LogP contribution in [-0.4, -0.2) is 30.7 Å². The van der Waals surface area contributed by atoms with Gasteiger partial charge in [0.2, 0.25) is 5.91 Å². The van der Waals surface area contributed by atoms with E-state index in [1.807, 2.05) is 41.3 Å². The maximum atomic E-state index is 12.6. The molecule has 2 aromatic rings. The molecule has 25 heavy (non-hydrogen) atoms. The van der Waals surface area contributed by atoms with Gasteiger partial charge in [0.1, 0.15) is 0 Å². The molecule has 128 valence electrons. The Morgan fingerprint density at radius 1 is 1.16 bits per heavy atom. The highest BCUT2D eigenvalue weighted by atomic mass is 32.2. The van der Waals surface area contributed by atoms with Crippen molar-refractivity contribution in [2.75, 3.05) is 23.7 Å². The van der Waals surface area contributed by atoms with E-state index in [4.69, 9.17) is 0 Å². The Bertz CT molecular complexity index is 804. The first-order valence-electron chi connectivity index (χ1n) is 8.20. The van der Waals surface area contributed by atoms with Crippen molar-refractivity contribution in [2.45, 2.75) is 11.3 Å². The lowest BCUT2D eigenvalue weighted by Crippen LogP contribution is -2.30. The topological polar surface area (TPSA) is 49.4 Å². The van der Waals surface area contributed by atoms with Crippen molar-refractivity contribution in [3.63, 3.8) is 0 Å². The number of fused-ring (bicyclic) bond motifs is 1. The summed E-state index contributed by atoms with van der Waals surface area (Å²) in [6.07, 6.45) is 2.54. The van der Waals surface area contributed by atoms with Gasteiger partial charge in [-0.2, -0.15) is 0 Å². The molecule has 0 saturated carbocycles. The fourth-order valence-electron chi connectivity index (χ4n) is 2.85. The summed E-state index contributed by atoms with van der Waals surface area (Å²) in [7, 11) is 0. The minimum Gasteiger partial charge on any atom is -0.349 e. The zero-order valence-corrected chi connectivity index (χ0v) is 14.7. The molecular formula is C20H20N2O2S. The molecule has 1 aliphatic heterocycles. The van der Waals surface area contributed by atoms with E-state index in [1.165, 1.54) is 17.3 Å². The Kier molecular flexibility index (Phi) is 5.56. The molecule has 2 aromatic carbocycles. The summed E-state index contributed by atoms with van der Waals surface area (Å²) in [6.45, 7) is 4.74. The number of hydrogen-bond acceptors (Lipinski definition) is 3. The van der Waals surface area contributed by atoms with Gasteiger partial charge in [-0.15, -0.1) is 18.3 Å². The van der Waals surface area contributed by atoms with Crippen molar-refractivity contribution in [1.29, 1.82) is 0 Å². The van der Waals surface area contributed by atoms with Crippen LogP contribution in [0.4, 0.5) is 5.69 Å². The Morgan fingerprint density at radius 3 is 2.76 bits per heavy atom. The average Bonchev–Trinajstić information content (AvgIpc) is 3.08. The van der Waals surface area contributed by atoms with Crippen LogP contribution in [0.25, 0.3) is 0 Å². The van der Waals surface area contributed by atoms with Crippen LogP contribution in [0, 0.1) is 0 Å². The van der Waals surface area contributed by atoms with Gasteiger partial charge in [-0.25, -0.2) is 0 Å². The van der Waals surface area contributed by atoms with E-state index in [1.54, 1.807) is 12.1 Å². The smallest absolute Gasteiger partial charge is 0.252 e. The molecule has 0 unspecified atom stereocenters. The van der Waals surface area contributed by atoms with E-state index in [0.29, 0.717) is 17.9 Å². The summed E-state index contributed by atoms with van der Waals surface area (Å²) < 4.78 is 0. The van der Waals surface area contributed by atoms with Gasteiger partial charge in [0.05, 0.1) is 11.3 Å². The lowest BCUT2D eigenvalue weighted by molar-refractivity contribution is -0.116. The van der Waals surface area contributed by atoms with Gasteiger partial charge < -0.3 is 10.2 Å². The molecule has 0 radical (unpaired) electrons. The number of amides is 2. The van der Waals surface area contributed by atoms with Gasteiger partial charge in [0.15, 0.2) is 0 Å². The maximum absolute atomic E-state index is 12.6. The zero-order chi connectivity index (χ0) is 17.6. The second kappa shape index (κ2) is 8.03. The SMILES string of the molecule is C=CCNC(=O)c1ccccc1SCC(=O)N1CCc2ccccc21. The number of anilines is 1. The first-order chi connectivity index (χ1) is 12.2. The van der Waals surface area contributed by atoms with Crippen LogP contribution < -0.4 is 10.2 Å². The molecule has 0 saturated heterocycles. The summed E-state index contributed by atoms with van der Waals surface area (Å²) in [4.78, 5) is 27.5. The predicted molar refractivity (Wildman–Crippen MR) is 102 cm³/mol. The molecule has 0 fully saturated rings. The monoisotopic (exact) mass is 352 g/mol. The molecule has 5 heteroatoms. The molecule has 0 atom stereocenters. The number of nitrogens with one attached hydrogen (secondary N) is 1. The van der Waals surface area contributed by atoms with Crippen molar-refractivity contribution in [2.24, 2.45) is 0 Å². The van der Waals surface area contributed by atoms with Crippen LogP contribution >= 0.6 is 11.8 Å². The Balaban J connectivity index is 1.67. The predicted octanol–water partition coefficient (Wildman–Crippen LogP) is 3.28. The molecule has 3 rings (SSSR count). The van der Waals surface area contributed by atoms with Gasteiger partial charge in [-0.3, -0.25) is 9.59 Å². The number of para-hydroxylation sites is 1. The summed E-state index contributed by atoms with van der Waals surface area (Å²) in [6, 6.07) is 15.4. The van der Waals surface area contributed by atoms with E-state index >= 15 is 0 Å². The van der Waals surface area contributed by atoms with Gasteiger partial charge in [0.25, 0.3) is 5.91 Å². The molecule has 1 aliphatic rings. The largest absolute Gasteiger partial charge is 0.349 e. The quantitative estimate of drug-likeness (QED) is 0.641. The molecular weight excluding hydrogens is 332 g/mol. The number of rotatable bonds is 6. The maximum Gasteiger partial charge on any atom is 0.252 e. The summed E-state index contributed by atoms with van der Waals surface area (Å²) >= 11 is 1.40. The van der Waals surface area contributed by atoms with Crippen LogP contribution in [0.3, 0.4) is 0 Å². The molecule has 0 spiro atoms. The molecule has 1 heterocycles. The van der Waals surface area contributed by atoms with Crippen LogP contribution in [0.2, 0.25) is 0 Å². The number of carbonyl (C=O) groups is 2. The average molecular weight is 352 g/mol.